The molecule has 0 atom stereocenters. The Bertz CT molecular complexity index is 540. The van der Waals surface area contributed by atoms with Crippen molar-refractivity contribution in [2.24, 2.45) is 5.73 Å². The number of halogens is 3. The zero-order valence-electron chi connectivity index (χ0n) is 8.83. The van der Waals surface area contributed by atoms with Gasteiger partial charge in [-0.1, -0.05) is 0 Å². The molecule has 17 heavy (non-hydrogen) atoms. The molecular weight excluding hydrogens is 292 g/mol. The molecule has 1 aromatic heterocycles. The Hall–Kier alpha value is -1.27. The van der Waals surface area contributed by atoms with Gasteiger partial charge in [0.05, 0.1) is 23.0 Å². The fourth-order valence-electron chi connectivity index (χ4n) is 1.49. The number of nitrogens with two attached hydrogens (primary N) is 1. The molecule has 0 spiro atoms. The molecule has 1 heterocycles. The maximum absolute atomic E-state index is 13.7. The van der Waals surface area contributed by atoms with Crippen LogP contribution >= 0.6 is 15.9 Å². The predicted molar refractivity (Wildman–Crippen MR) is 63.3 cm³/mol. The van der Waals surface area contributed by atoms with Gasteiger partial charge in [-0.05, 0) is 28.1 Å². The lowest BCUT2D eigenvalue weighted by Gasteiger charge is -2.07. The van der Waals surface area contributed by atoms with Crippen molar-refractivity contribution in [2.75, 3.05) is 0 Å². The van der Waals surface area contributed by atoms with Gasteiger partial charge in [0.1, 0.15) is 11.6 Å². The van der Waals surface area contributed by atoms with Gasteiger partial charge in [0.2, 0.25) is 0 Å². The lowest BCUT2D eigenvalue weighted by atomic mass is 10.2. The number of rotatable bonds is 3. The Morgan fingerprint density at radius 1 is 1.35 bits per heavy atom. The maximum Gasteiger partial charge on any atom is 0.145 e. The van der Waals surface area contributed by atoms with Gasteiger partial charge < -0.3 is 10.3 Å². The second-order valence-electron chi connectivity index (χ2n) is 3.56. The molecule has 0 radical (unpaired) electrons. The highest BCUT2D eigenvalue weighted by Crippen LogP contribution is 2.22. The van der Waals surface area contributed by atoms with E-state index in [1.807, 2.05) is 0 Å². The molecule has 2 aromatic rings. The van der Waals surface area contributed by atoms with Crippen LogP contribution < -0.4 is 5.73 Å². The van der Waals surface area contributed by atoms with Crippen LogP contribution in [-0.4, -0.2) is 9.55 Å². The number of hydrogen-bond donors (Lipinski definition) is 1. The summed E-state index contributed by atoms with van der Waals surface area (Å²) in [6, 6.07) is 2.57. The van der Waals surface area contributed by atoms with Gasteiger partial charge in [0.15, 0.2) is 0 Å². The molecule has 0 aliphatic carbocycles. The first-order valence-corrected chi connectivity index (χ1v) is 5.74. The summed E-state index contributed by atoms with van der Waals surface area (Å²) in [6.07, 6.45) is 3.17. The van der Waals surface area contributed by atoms with Gasteiger partial charge in [0.25, 0.3) is 0 Å². The zero-order valence-corrected chi connectivity index (χ0v) is 10.4. The predicted octanol–water partition coefficient (Wildman–Crippen LogP) is 2.43. The normalized spacial score (nSPS) is 10.8. The van der Waals surface area contributed by atoms with Crippen LogP contribution in [0.15, 0.2) is 29.1 Å². The van der Waals surface area contributed by atoms with Gasteiger partial charge in [-0.2, -0.15) is 0 Å². The van der Waals surface area contributed by atoms with Crippen LogP contribution in [-0.2, 0) is 13.1 Å². The Labute approximate surface area is 105 Å². The van der Waals surface area contributed by atoms with Gasteiger partial charge >= 0.3 is 0 Å². The monoisotopic (exact) mass is 301 g/mol. The van der Waals surface area contributed by atoms with Gasteiger partial charge in [0, 0.05) is 18.3 Å². The molecule has 0 amide bonds. The molecule has 90 valence electrons. The first-order chi connectivity index (χ1) is 8.11. The minimum atomic E-state index is -0.590. The molecular formula is C11H10BrF2N3. The number of benzene rings is 1. The average molecular weight is 302 g/mol. The number of hydrogen-bond acceptors (Lipinski definition) is 2. The summed E-state index contributed by atoms with van der Waals surface area (Å²) in [4.78, 5) is 3.99. The van der Waals surface area contributed by atoms with Gasteiger partial charge in [-0.15, -0.1) is 0 Å². The highest BCUT2D eigenvalue weighted by Gasteiger charge is 2.12. The SMILES string of the molecule is NCc1cn(Cc2c(F)ccc(Br)c2F)cn1. The molecule has 0 fully saturated rings. The van der Waals surface area contributed by atoms with Crippen molar-refractivity contribution in [2.45, 2.75) is 13.1 Å². The third kappa shape index (κ3) is 2.53. The minimum Gasteiger partial charge on any atom is -0.333 e. The third-order valence-electron chi connectivity index (χ3n) is 2.38. The Balaban J connectivity index is 2.32. The van der Waals surface area contributed by atoms with Crippen molar-refractivity contribution < 1.29 is 8.78 Å². The van der Waals surface area contributed by atoms with Crippen molar-refractivity contribution in [1.29, 1.82) is 0 Å². The molecule has 0 aliphatic rings. The Kier molecular flexibility index (Phi) is 3.54. The molecule has 1 aromatic carbocycles. The summed E-state index contributed by atoms with van der Waals surface area (Å²) in [5.74, 6) is -1.17. The number of imidazole rings is 1. The van der Waals surface area contributed by atoms with Crippen LogP contribution in [0.25, 0.3) is 0 Å². The summed E-state index contributed by atoms with van der Waals surface area (Å²) in [5.41, 5.74) is 6.09. The largest absolute Gasteiger partial charge is 0.333 e. The lowest BCUT2D eigenvalue weighted by Crippen LogP contribution is -2.03. The summed E-state index contributed by atoms with van der Waals surface area (Å²) < 4.78 is 29.0. The van der Waals surface area contributed by atoms with Crippen molar-refractivity contribution in [3.8, 4) is 0 Å². The van der Waals surface area contributed by atoms with Crippen molar-refractivity contribution in [3.05, 3.63) is 52.0 Å². The van der Waals surface area contributed by atoms with Gasteiger partial charge in [-0.25, -0.2) is 13.8 Å². The standard InChI is InChI=1S/C11H10BrF2N3/c12-9-1-2-10(13)8(11(9)14)5-17-4-7(3-15)16-6-17/h1-2,4,6H,3,5,15H2. The first kappa shape index (κ1) is 12.2. The van der Waals surface area contributed by atoms with Crippen LogP contribution in [0.4, 0.5) is 8.78 Å². The van der Waals surface area contributed by atoms with E-state index in [9.17, 15) is 8.78 Å². The molecule has 0 saturated heterocycles. The van der Waals surface area contributed by atoms with E-state index in [1.54, 1.807) is 10.8 Å². The van der Waals surface area contributed by atoms with Crippen LogP contribution in [0.3, 0.4) is 0 Å². The van der Waals surface area contributed by atoms with Crippen LogP contribution in [0.1, 0.15) is 11.3 Å². The van der Waals surface area contributed by atoms with E-state index in [4.69, 9.17) is 5.73 Å². The second-order valence-corrected chi connectivity index (χ2v) is 4.42. The second kappa shape index (κ2) is 4.93. The van der Waals surface area contributed by atoms with E-state index in [1.165, 1.54) is 18.5 Å². The molecule has 3 nitrogen and oxygen atoms in total. The van der Waals surface area contributed by atoms with Gasteiger partial charge in [-0.3, -0.25) is 0 Å². The fourth-order valence-corrected chi connectivity index (χ4v) is 1.87. The van der Waals surface area contributed by atoms with E-state index < -0.39 is 11.6 Å². The molecule has 2 N–H and O–H groups in total. The molecule has 0 unspecified atom stereocenters. The van der Waals surface area contributed by atoms with E-state index in [2.05, 4.69) is 20.9 Å². The molecule has 0 saturated carbocycles. The third-order valence-corrected chi connectivity index (χ3v) is 2.99. The highest BCUT2D eigenvalue weighted by atomic mass is 79.9. The Morgan fingerprint density at radius 2 is 2.12 bits per heavy atom. The van der Waals surface area contributed by atoms with Crippen LogP contribution in [0.5, 0.6) is 0 Å². The van der Waals surface area contributed by atoms with E-state index in [-0.39, 0.29) is 16.6 Å². The van der Waals surface area contributed by atoms with Crippen molar-refractivity contribution in [3.63, 3.8) is 0 Å². The number of aromatic nitrogens is 2. The smallest absolute Gasteiger partial charge is 0.145 e. The lowest BCUT2D eigenvalue weighted by molar-refractivity contribution is 0.540. The molecule has 6 heteroatoms. The highest BCUT2D eigenvalue weighted by molar-refractivity contribution is 9.10. The topological polar surface area (TPSA) is 43.8 Å². The van der Waals surface area contributed by atoms with Crippen LogP contribution in [0, 0.1) is 11.6 Å². The summed E-state index contributed by atoms with van der Waals surface area (Å²) in [6.45, 7) is 0.389. The molecule has 2 rings (SSSR count). The number of nitrogens with zero attached hydrogens (tertiary/aromatic N) is 2. The van der Waals surface area contributed by atoms with Crippen molar-refractivity contribution in [1.82, 2.24) is 9.55 Å². The molecule has 0 aliphatic heterocycles. The summed E-state index contributed by atoms with van der Waals surface area (Å²) in [5, 5.41) is 0. The van der Waals surface area contributed by atoms with E-state index in [0.29, 0.717) is 12.2 Å². The summed E-state index contributed by atoms with van der Waals surface area (Å²) in [7, 11) is 0. The Morgan fingerprint density at radius 3 is 2.76 bits per heavy atom. The molecule has 0 bridgehead atoms. The fraction of sp³-hybridized carbons (Fsp3) is 0.182. The van der Waals surface area contributed by atoms with Crippen LogP contribution in [0.2, 0.25) is 0 Å². The quantitative estimate of drug-likeness (QED) is 0.885. The minimum absolute atomic E-state index is 0.000321. The summed E-state index contributed by atoms with van der Waals surface area (Å²) >= 11 is 3.03. The zero-order chi connectivity index (χ0) is 12.4. The average Bonchev–Trinajstić information content (AvgIpc) is 2.77. The first-order valence-electron chi connectivity index (χ1n) is 4.95. The maximum atomic E-state index is 13.7. The van der Waals surface area contributed by atoms with E-state index in [0.717, 1.165) is 0 Å². The van der Waals surface area contributed by atoms with Crippen molar-refractivity contribution >= 4 is 15.9 Å². The van der Waals surface area contributed by atoms with E-state index >= 15 is 0 Å².